The van der Waals surface area contributed by atoms with Gasteiger partial charge in [0, 0.05) is 45.3 Å². The maximum absolute atomic E-state index is 12.3. The van der Waals surface area contributed by atoms with Gasteiger partial charge in [-0.15, -0.1) is 11.3 Å². The van der Waals surface area contributed by atoms with Gasteiger partial charge < -0.3 is 10.2 Å². The Balaban J connectivity index is 1.34. The standard InChI is InChI=1S/C20H23N3O2S/c24-19(9-8-17-5-2-1-3-6-17)21-10-11-22-12-14-23(15-13-22)20(25)18-7-4-16-26-18/h1-9,16H,10-15H2,(H,21,24)/b9-8+. The van der Waals surface area contributed by atoms with Gasteiger partial charge in [-0.1, -0.05) is 36.4 Å². The third-order valence-corrected chi connectivity index (χ3v) is 5.20. The van der Waals surface area contributed by atoms with Crippen molar-refractivity contribution in [2.24, 2.45) is 0 Å². The number of hydrogen-bond donors (Lipinski definition) is 1. The molecule has 0 atom stereocenters. The van der Waals surface area contributed by atoms with Gasteiger partial charge in [0.25, 0.3) is 5.91 Å². The van der Waals surface area contributed by atoms with E-state index in [1.54, 1.807) is 6.08 Å². The Hall–Kier alpha value is -2.44. The van der Waals surface area contributed by atoms with Crippen LogP contribution < -0.4 is 5.32 Å². The third-order valence-electron chi connectivity index (χ3n) is 4.35. The van der Waals surface area contributed by atoms with Crippen molar-refractivity contribution in [1.29, 1.82) is 0 Å². The van der Waals surface area contributed by atoms with Gasteiger partial charge in [-0.3, -0.25) is 14.5 Å². The van der Waals surface area contributed by atoms with E-state index in [0.717, 1.165) is 43.2 Å². The first-order chi connectivity index (χ1) is 12.7. The molecule has 2 aromatic rings. The number of rotatable bonds is 6. The molecule has 1 aliphatic rings. The van der Waals surface area contributed by atoms with Crippen LogP contribution in [0.1, 0.15) is 15.2 Å². The molecule has 1 fully saturated rings. The molecule has 26 heavy (non-hydrogen) atoms. The second-order valence-corrected chi connectivity index (χ2v) is 7.09. The highest BCUT2D eigenvalue weighted by atomic mass is 32.1. The van der Waals surface area contributed by atoms with Gasteiger partial charge in [0.15, 0.2) is 0 Å². The predicted molar refractivity (Wildman–Crippen MR) is 105 cm³/mol. The molecule has 1 N–H and O–H groups in total. The quantitative estimate of drug-likeness (QED) is 0.795. The van der Waals surface area contributed by atoms with Crippen molar-refractivity contribution in [3.05, 3.63) is 64.4 Å². The maximum atomic E-state index is 12.3. The minimum atomic E-state index is -0.0830. The van der Waals surface area contributed by atoms with Gasteiger partial charge in [0.05, 0.1) is 4.88 Å². The van der Waals surface area contributed by atoms with Gasteiger partial charge in [-0.25, -0.2) is 0 Å². The van der Waals surface area contributed by atoms with Crippen molar-refractivity contribution in [2.45, 2.75) is 0 Å². The molecule has 2 amide bonds. The fraction of sp³-hybridized carbons (Fsp3) is 0.300. The lowest BCUT2D eigenvalue weighted by molar-refractivity contribution is -0.116. The molecule has 0 spiro atoms. The lowest BCUT2D eigenvalue weighted by Gasteiger charge is -2.34. The van der Waals surface area contributed by atoms with E-state index in [1.165, 1.54) is 11.3 Å². The number of thiophene rings is 1. The van der Waals surface area contributed by atoms with Crippen LogP contribution in [0.15, 0.2) is 53.9 Å². The lowest BCUT2D eigenvalue weighted by atomic mass is 10.2. The fourth-order valence-corrected chi connectivity index (χ4v) is 3.55. The van der Waals surface area contributed by atoms with Gasteiger partial charge in [-0.2, -0.15) is 0 Å². The zero-order valence-corrected chi connectivity index (χ0v) is 15.5. The zero-order valence-electron chi connectivity index (χ0n) is 14.6. The Morgan fingerprint density at radius 3 is 2.50 bits per heavy atom. The SMILES string of the molecule is O=C(/C=C/c1ccccc1)NCCN1CCN(C(=O)c2cccs2)CC1. The largest absolute Gasteiger partial charge is 0.351 e. The average Bonchev–Trinajstić information content (AvgIpc) is 3.22. The molecule has 0 radical (unpaired) electrons. The van der Waals surface area contributed by atoms with Gasteiger partial charge in [-0.05, 0) is 23.1 Å². The van der Waals surface area contributed by atoms with Crippen molar-refractivity contribution < 1.29 is 9.59 Å². The molecule has 1 aromatic carbocycles. The number of carbonyl (C=O) groups is 2. The Labute approximate surface area is 157 Å². The Kier molecular flexibility index (Phi) is 6.57. The summed E-state index contributed by atoms with van der Waals surface area (Å²) in [5, 5.41) is 4.84. The molecule has 136 valence electrons. The number of nitrogens with one attached hydrogen (secondary N) is 1. The Morgan fingerprint density at radius 1 is 1.04 bits per heavy atom. The molecular weight excluding hydrogens is 346 g/mol. The van der Waals surface area contributed by atoms with Crippen molar-refractivity contribution in [1.82, 2.24) is 15.1 Å². The first kappa shape index (κ1) is 18.4. The highest BCUT2D eigenvalue weighted by Crippen LogP contribution is 2.13. The van der Waals surface area contributed by atoms with Gasteiger partial charge in [0.2, 0.25) is 5.91 Å². The smallest absolute Gasteiger partial charge is 0.264 e. The van der Waals surface area contributed by atoms with E-state index in [0.29, 0.717) is 6.54 Å². The number of nitrogens with zero attached hydrogens (tertiary/aromatic N) is 2. The molecule has 1 aromatic heterocycles. The normalized spacial score (nSPS) is 15.3. The fourth-order valence-electron chi connectivity index (χ4n) is 2.86. The summed E-state index contributed by atoms with van der Waals surface area (Å²) in [4.78, 5) is 29.2. The molecule has 0 saturated carbocycles. The lowest BCUT2D eigenvalue weighted by Crippen LogP contribution is -2.50. The van der Waals surface area contributed by atoms with E-state index in [9.17, 15) is 9.59 Å². The highest BCUT2D eigenvalue weighted by Gasteiger charge is 2.22. The van der Waals surface area contributed by atoms with Gasteiger partial charge >= 0.3 is 0 Å². The minimum Gasteiger partial charge on any atom is -0.351 e. The predicted octanol–water partition coefficient (Wildman–Crippen LogP) is 2.34. The summed E-state index contributed by atoms with van der Waals surface area (Å²) in [5.41, 5.74) is 1.01. The summed E-state index contributed by atoms with van der Waals surface area (Å²) >= 11 is 1.49. The molecule has 2 heterocycles. The first-order valence-corrected chi connectivity index (χ1v) is 9.66. The first-order valence-electron chi connectivity index (χ1n) is 8.78. The van der Waals surface area contributed by atoms with Crippen molar-refractivity contribution in [2.75, 3.05) is 39.3 Å². The third kappa shape index (κ3) is 5.28. The van der Waals surface area contributed by atoms with Crippen LogP contribution in [0.25, 0.3) is 6.08 Å². The number of benzene rings is 1. The molecular formula is C20H23N3O2S. The van der Waals surface area contributed by atoms with Crippen LogP contribution in [0.3, 0.4) is 0 Å². The molecule has 1 saturated heterocycles. The van der Waals surface area contributed by atoms with Crippen molar-refractivity contribution >= 4 is 29.2 Å². The summed E-state index contributed by atoms with van der Waals surface area (Å²) in [6, 6.07) is 13.5. The Bertz CT molecular complexity index is 736. The van der Waals surface area contributed by atoms with Crippen LogP contribution in [0, 0.1) is 0 Å². The molecule has 0 bridgehead atoms. The number of amides is 2. The average molecular weight is 369 g/mol. The summed E-state index contributed by atoms with van der Waals surface area (Å²) < 4.78 is 0. The van der Waals surface area contributed by atoms with E-state index < -0.39 is 0 Å². The van der Waals surface area contributed by atoms with Crippen LogP contribution in [0.5, 0.6) is 0 Å². The van der Waals surface area contributed by atoms with Crippen molar-refractivity contribution in [3.63, 3.8) is 0 Å². The summed E-state index contributed by atoms with van der Waals surface area (Å²) in [6.07, 6.45) is 3.37. The number of carbonyl (C=O) groups excluding carboxylic acids is 2. The second-order valence-electron chi connectivity index (χ2n) is 6.15. The summed E-state index contributed by atoms with van der Waals surface area (Å²) in [5.74, 6) is 0.0411. The summed E-state index contributed by atoms with van der Waals surface area (Å²) in [6.45, 7) is 4.56. The van der Waals surface area contributed by atoms with Crippen molar-refractivity contribution in [3.8, 4) is 0 Å². The summed E-state index contributed by atoms with van der Waals surface area (Å²) in [7, 11) is 0. The van der Waals surface area contributed by atoms with E-state index >= 15 is 0 Å². The molecule has 0 unspecified atom stereocenters. The van der Waals surface area contributed by atoms with E-state index in [-0.39, 0.29) is 11.8 Å². The van der Waals surface area contributed by atoms with Gasteiger partial charge in [0.1, 0.15) is 0 Å². The molecule has 0 aliphatic carbocycles. The maximum Gasteiger partial charge on any atom is 0.264 e. The second kappa shape index (κ2) is 9.31. The van der Waals surface area contributed by atoms with Crippen LogP contribution >= 0.6 is 11.3 Å². The number of hydrogen-bond acceptors (Lipinski definition) is 4. The minimum absolute atomic E-state index is 0.0830. The van der Waals surface area contributed by atoms with Crippen LogP contribution in [0.4, 0.5) is 0 Å². The topological polar surface area (TPSA) is 52.7 Å². The van der Waals surface area contributed by atoms with Crippen LogP contribution in [-0.2, 0) is 4.79 Å². The molecule has 5 nitrogen and oxygen atoms in total. The Morgan fingerprint density at radius 2 is 1.81 bits per heavy atom. The zero-order chi connectivity index (χ0) is 18.2. The number of piperazine rings is 1. The van der Waals surface area contributed by atoms with E-state index in [2.05, 4.69) is 10.2 Å². The van der Waals surface area contributed by atoms with Crippen LogP contribution in [0.2, 0.25) is 0 Å². The molecule has 1 aliphatic heterocycles. The monoisotopic (exact) mass is 369 g/mol. The molecule has 3 rings (SSSR count). The highest BCUT2D eigenvalue weighted by molar-refractivity contribution is 7.12. The van der Waals surface area contributed by atoms with Crippen LogP contribution in [-0.4, -0.2) is 60.9 Å². The van der Waals surface area contributed by atoms with E-state index in [1.807, 2.05) is 58.8 Å². The van der Waals surface area contributed by atoms with E-state index in [4.69, 9.17) is 0 Å². The molecule has 6 heteroatoms.